The average molecular weight is 237 g/mol. The van der Waals surface area contributed by atoms with Crippen LogP contribution in [0.3, 0.4) is 0 Å². The highest BCUT2D eigenvalue weighted by molar-refractivity contribution is 5.45. The Morgan fingerprint density at radius 3 is 3.06 bits per heavy atom. The molecule has 0 atom stereocenters. The standard InChI is InChI=1S/C9H15N7O/c1-17-5-4-15(3-2-10)9-7-11-6-8-12-13-14-16(8)9/h6-7H,2-5,10H2,1H3. The second-order valence-electron chi connectivity index (χ2n) is 3.48. The predicted octanol–water partition coefficient (Wildman–Crippen LogP) is -1.07. The first kappa shape index (κ1) is 11.7. The van der Waals surface area contributed by atoms with Gasteiger partial charge in [-0.3, -0.25) is 4.98 Å². The van der Waals surface area contributed by atoms with Crippen LogP contribution in [0.25, 0.3) is 5.65 Å². The fourth-order valence-electron chi connectivity index (χ4n) is 1.58. The zero-order chi connectivity index (χ0) is 12.1. The molecule has 2 aromatic rings. The lowest BCUT2D eigenvalue weighted by Crippen LogP contribution is -2.34. The number of fused-ring (bicyclic) bond motifs is 1. The molecule has 0 amide bonds. The van der Waals surface area contributed by atoms with Crippen molar-refractivity contribution in [2.24, 2.45) is 5.73 Å². The maximum Gasteiger partial charge on any atom is 0.199 e. The van der Waals surface area contributed by atoms with Gasteiger partial charge in [-0.25, -0.2) is 0 Å². The van der Waals surface area contributed by atoms with Crippen LogP contribution in [0.1, 0.15) is 0 Å². The van der Waals surface area contributed by atoms with Crippen molar-refractivity contribution in [3.8, 4) is 0 Å². The van der Waals surface area contributed by atoms with E-state index < -0.39 is 0 Å². The molecule has 2 N–H and O–H groups in total. The smallest absolute Gasteiger partial charge is 0.199 e. The maximum atomic E-state index is 5.59. The van der Waals surface area contributed by atoms with Crippen LogP contribution in [-0.2, 0) is 4.74 Å². The van der Waals surface area contributed by atoms with Crippen molar-refractivity contribution in [2.75, 3.05) is 38.3 Å². The molecule has 17 heavy (non-hydrogen) atoms. The molecule has 2 heterocycles. The van der Waals surface area contributed by atoms with Crippen LogP contribution in [0.4, 0.5) is 5.82 Å². The number of ether oxygens (including phenoxy) is 1. The number of methoxy groups -OCH3 is 1. The Kier molecular flexibility index (Phi) is 3.78. The second kappa shape index (κ2) is 5.51. The van der Waals surface area contributed by atoms with Crippen molar-refractivity contribution in [3.05, 3.63) is 12.4 Å². The van der Waals surface area contributed by atoms with Gasteiger partial charge in [-0.05, 0) is 10.4 Å². The van der Waals surface area contributed by atoms with Gasteiger partial charge in [-0.2, -0.15) is 4.52 Å². The fraction of sp³-hybridized carbons (Fsp3) is 0.556. The van der Waals surface area contributed by atoms with E-state index in [2.05, 4.69) is 20.5 Å². The molecular weight excluding hydrogens is 222 g/mol. The van der Waals surface area contributed by atoms with Crippen molar-refractivity contribution in [2.45, 2.75) is 0 Å². The Morgan fingerprint density at radius 1 is 1.41 bits per heavy atom. The number of hydrogen-bond acceptors (Lipinski definition) is 7. The number of nitrogens with zero attached hydrogens (tertiary/aromatic N) is 6. The Balaban J connectivity index is 2.30. The third kappa shape index (κ3) is 2.48. The Hall–Kier alpha value is -1.80. The summed E-state index contributed by atoms with van der Waals surface area (Å²) < 4.78 is 6.71. The summed E-state index contributed by atoms with van der Waals surface area (Å²) in [7, 11) is 1.66. The molecule has 0 saturated carbocycles. The van der Waals surface area contributed by atoms with Gasteiger partial charge in [0.05, 0.1) is 19.0 Å². The fourth-order valence-corrected chi connectivity index (χ4v) is 1.58. The van der Waals surface area contributed by atoms with E-state index in [-0.39, 0.29) is 0 Å². The van der Waals surface area contributed by atoms with E-state index in [1.165, 1.54) is 0 Å². The molecule has 8 heteroatoms. The van der Waals surface area contributed by atoms with E-state index in [0.717, 1.165) is 5.82 Å². The first-order valence-corrected chi connectivity index (χ1v) is 5.33. The topological polar surface area (TPSA) is 94.5 Å². The summed E-state index contributed by atoms with van der Waals surface area (Å²) in [6, 6.07) is 0. The molecule has 0 saturated heterocycles. The molecular formula is C9H15N7O. The molecule has 0 aliphatic rings. The van der Waals surface area contributed by atoms with E-state index in [1.54, 1.807) is 24.0 Å². The summed E-state index contributed by atoms with van der Waals surface area (Å²) in [6.45, 7) is 2.57. The van der Waals surface area contributed by atoms with Gasteiger partial charge in [-0.1, -0.05) is 0 Å². The third-order valence-electron chi connectivity index (χ3n) is 2.38. The molecule has 0 aromatic carbocycles. The van der Waals surface area contributed by atoms with Crippen LogP contribution < -0.4 is 10.6 Å². The average Bonchev–Trinajstić information content (AvgIpc) is 2.82. The first-order valence-electron chi connectivity index (χ1n) is 5.33. The van der Waals surface area contributed by atoms with Crippen molar-refractivity contribution in [3.63, 3.8) is 0 Å². The maximum absolute atomic E-state index is 5.59. The molecule has 2 rings (SSSR count). The Bertz CT molecular complexity index is 471. The van der Waals surface area contributed by atoms with Gasteiger partial charge in [0.25, 0.3) is 0 Å². The summed E-state index contributed by atoms with van der Waals surface area (Å²) in [5.41, 5.74) is 6.21. The van der Waals surface area contributed by atoms with Gasteiger partial charge >= 0.3 is 0 Å². The van der Waals surface area contributed by atoms with Crippen molar-refractivity contribution < 1.29 is 4.74 Å². The lowest BCUT2D eigenvalue weighted by molar-refractivity contribution is 0.205. The zero-order valence-electron chi connectivity index (χ0n) is 9.65. The minimum atomic E-state index is 0.544. The van der Waals surface area contributed by atoms with E-state index in [9.17, 15) is 0 Å². The van der Waals surface area contributed by atoms with Crippen molar-refractivity contribution in [1.29, 1.82) is 0 Å². The molecule has 0 aliphatic carbocycles. The van der Waals surface area contributed by atoms with Gasteiger partial charge in [0, 0.05) is 26.7 Å². The third-order valence-corrected chi connectivity index (χ3v) is 2.38. The molecule has 0 bridgehead atoms. The van der Waals surface area contributed by atoms with E-state index in [0.29, 0.717) is 31.9 Å². The lowest BCUT2D eigenvalue weighted by atomic mass is 10.4. The number of hydrogen-bond donors (Lipinski definition) is 1. The highest BCUT2D eigenvalue weighted by Crippen LogP contribution is 2.11. The molecule has 0 unspecified atom stereocenters. The van der Waals surface area contributed by atoms with E-state index >= 15 is 0 Å². The van der Waals surface area contributed by atoms with Gasteiger partial charge in [0.2, 0.25) is 0 Å². The first-order chi connectivity index (χ1) is 8.36. The normalized spacial score (nSPS) is 10.9. The highest BCUT2D eigenvalue weighted by Gasteiger charge is 2.11. The van der Waals surface area contributed by atoms with Crippen LogP contribution in [0.5, 0.6) is 0 Å². The highest BCUT2D eigenvalue weighted by atomic mass is 16.5. The van der Waals surface area contributed by atoms with Gasteiger partial charge < -0.3 is 15.4 Å². The van der Waals surface area contributed by atoms with E-state index in [1.807, 2.05) is 4.90 Å². The Labute approximate surface area is 98.4 Å². The molecule has 0 spiro atoms. The number of aromatic nitrogens is 5. The monoisotopic (exact) mass is 237 g/mol. The largest absolute Gasteiger partial charge is 0.383 e. The SMILES string of the molecule is COCCN(CCN)c1cncc2nnnn12. The van der Waals surface area contributed by atoms with Crippen LogP contribution in [0.2, 0.25) is 0 Å². The molecule has 2 aromatic heterocycles. The number of rotatable bonds is 6. The zero-order valence-corrected chi connectivity index (χ0v) is 9.65. The van der Waals surface area contributed by atoms with Crippen LogP contribution in [0.15, 0.2) is 12.4 Å². The van der Waals surface area contributed by atoms with Crippen molar-refractivity contribution in [1.82, 2.24) is 25.0 Å². The summed E-state index contributed by atoms with van der Waals surface area (Å²) in [5.74, 6) is 0.815. The van der Waals surface area contributed by atoms with Gasteiger partial charge in [-0.15, -0.1) is 5.10 Å². The van der Waals surface area contributed by atoms with Crippen LogP contribution >= 0.6 is 0 Å². The molecule has 8 nitrogen and oxygen atoms in total. The minimum absolute atomic E-state index is 0.544. The van der Waals surface area contributed by atoms with Crippen LogP contribution in [-0.4, -0.2) is 58.4 Å². The summed E-state index contributed by atoms with van der Waals surface area (Å²) in [5, 5.41) is 11.4. The summed E-state index contributed by atoms with van der Waals surface area (Å²) in [6.07, 6.45) is 3.33. The minimum Gasteiger partial charge on any atom is -0.383 e. The van der Waals surface area contributed by atoms with E-state index in [4.69, 9.17) is 10.5 Å². The Morgan fingerprint density at radius 2 is 2.29 bits per heavy atom. The van der Waals surface area contributed by atoms with Crippen LogP contribution in [0, 0.1) is 0 Å². The molecule has 0 radical (unpaired) electrons. The summed E-state index contributed by atoms with van der Waals surface area (Å²) >= 11 is 0. The number of tetrazole rings is 1. The summed E-state index contributed by atoms with van der Waals surface area (Å²) in [4.78, 5) is 6.15. The van der Waals surface area contributed by atoms with Gasteiger partial charge in [0.1, 0.15) is 0 Å². The predicted molar refractivity (Wildman–Crippen MR) is 61.7 cm³/mol. The second-order valence-corrected chi connectivity index (χ2v) is 3.48. The number of anilines is 1. The number of nitrogens with two attached hydrogens (primary N) is 1. The van der Waals surface area contributed by atoms with Gasteiger partial charge in [0.15, 0.2) is 11.5 Å². The van der Waals surface area contributed by atoms with Crippen molar-refractivity contribution >= 4 is 11.5 Å². The quantitative estimate of drug-likeness (QED) is 0.683. The molecule has 0 fully saturated rings. The lowest BCUT2D eigenvalue weighted by Gasteiger charge is -2.23. The molecule has 0 aliphatic heterocycles. The molecule has 92 valence electrons.